The molecule has 0 radical (unpaired) electrons. The van der Waals surface area contributed by atoms with E-state index in [0.717, 1.165) is 0 Å². The molecule has 2 rings (SSSR count). The SMILES string of the molecule is COc1ccccc1OCCOCCOc1ccccc1O. The third-order valence-corrected chi connectivity index (χ3v) is 2.90. The number of benzene rings is 2. The van der Waals surface area contributed by atoms with Gasteiger partial charge in [-0.2, -0.15) is 0 Å². The van der Waals surface area contributed by atoms with Crippen LogP contribution >= 0.6 is 0 Å². The average Bonchev–Trinajstić information content (AvgIpc) is 2.56. The normalized spacial score (nSPS) is 10.2. The van der Waals surface area contributed by atoms with Crippen LogP contribution in [0.1, 0.15) is 0 Å². The van der Waals surface area contributed by atoms with E-state index in [-0.39, 0.29) is 5.75 Å². The number of phenolic OH excluding ortho intramolecular Hbond substituents is 1. The molecule has 0 bridgehead atoms. The molecule has 0 aromatic heterocycles. The zero-order valence-electron chi connectivity index (χ0n) is 12.5. The van der Waals surface area contributed by atoms with Crippen molar-refractivity contribution in [3.05, 3.63) is 48.5 Å². The molecule has 0 atom stereocenters. The minimum Gasteiger partial charge on any atom is -0.504 e. The summed E-state index contributed by atoms with van der Waals surface area (Å²) in [6.45, 7) is 1.66. The Morgan fingerprint density at radius 2 is 1.27 bits per heavy atom. The van der Waals surface area contributed by atoms with Gasteiger partial charge in [0, 0.05) is 0 Å². The zero-order chi connectivity index (χ0) is 15.6. The number of methoxy groups -OCH3 is 1. The van der Waals surface area contributed by atoms with Gasteiger partial charge in [0.2, 0.25) is 0 Å². The third-order valence-electron chi connectivity index (χ3n) is 2.90. The van der Waals surface area contributed by atoms with Crippen molar-refractivity contribution in [2.75, 3.05) is 33.5 Å². The van der Waals surface area contributed by atoms with Gasteiger partial charge < -0.3 is 24.1 Å². The summed E-state index contributed by atoms with van der Waals surface area (Å²) in [5.74, 6) is 1.97. The predicted octanol–water partition coefficient (Wildman–Crippen LogP) is 2.88. The standard InChI is InChI=1S/C17H20O5/c1-19-16-8-4-5-9-17(16)22-13-11-20-10-12-21-15-7-3-2-6-14(15)18/h2-9,18H,10-13H2,1H3. The van der Waals surface area contributed by atoms with Crippen LogP contribution in [-0.4, -0.2) is 38.6 Å². The molecule has 5 heteroatoms. The number of phenols is 1. The van der Waals surface area contributed by atoms with E-state index in [1.165, 1.54) is 0 Å². The van der Waals surface area contributed by atoms with Gasteiger partial charge in [-0.3, -0.25) is 0 Å². The van der Waals surface area contributed by atoms with Crippen molar-refractivity contribution in [1.82, 2.24) is 0 Å². The molecule has 2 aromatic carbocycles. The molecule has 0 heterocycles. The first-order chi connectivity index (χ1) is 10.8. The largest absolute Gasteiger partial charge is 0.504 e. The van der Waals surface area contributed by atoms with E-state index in [2.05, 4.69) is 0 Å². The fourth-order valence-electron chi connectivity index (χ4n) is 1.84. The molecule has 1 N–H and O–H groups in total. The maximum atomic E-state index is 9.53. The van der Waals surface area contributed by atoms with Crippen molar-refractivity contribution in [3.63, 3.8) is 0 Å². The second-order valence-corrected chi connectivity index (χ2v) is 4.43. The summed E-state index contributed by atoms with van der Waals surface area (Å²) in [5.41, 5.74) is 0. The van der Waals surface area contributed by atoms with Gasteiger partial charge >= 0.3 is 0 Å². The van der Waals surface area contributed by atoms with E-state index in [4.69, 9.17) is 18.9 Å². The molecule has 22 heavy (non-hydrogen) atoms. The molecular formula is C17H20O5. The fraction of sp³-hybridized carbons (Fsp3) is 0.294. The van der Waals surface area contributed by atoms with Gasteiger partial charge in [-0.05, 0) is 24.3 Å². The summed E-state index contributed by atoms with van der Waals surface area (Å²) >= 11 is 0. The number of aromatic hydroxyl groups is 1. The van der Waals surface area contributed by atoms with E-state index in [0.29, 0.717) is 43.7 Å². The molecule has 0 spiro atoms. The van der Waals surface area contributed by atoms with Crippen molar-refractivity contribution < 1.29 is 24.1 Å². The summed E-state index contributed by atoms with van der Waals surface area (Å²) in [7, 11) is 1.61. The van der Waals surface area contributed by atoms with Gasteiger partial charge in [-0.25, -0.2) is 0 Å². The lowest BCUT2D eigenvalue weighted by atomic mass is 10.3. The smallest absolute Gasteiger partial charge is 0.161 e. The molecule has 0 fully saturated rings. The molecule has 0 amide bonds. The van der Waals surface area contributed by atoms with E-state index >= 15 is 0 Å². The quantitative estimate of drug-likeness (QED) is 0.722. The Hall–Kier alpha value is -2.40. The van der Waals surface area contributed by atoms with Crippen LogP contribution in [0, 0.1) is 0 Å². The Kier molecular flexibility index (Phi) is 6.39. The highest BCUT2D eigenvalue weighted by Crippen LogP contribution is 2.25. The van der Waals surface area contributed by atoms with Crippen molar-refractivity contribution in [2.45, 2.75) is 0 Å². The molecule has 118 valence electrons. The van der Waals surface area contributed by atoms with E-state index in [9.17, 15) is 5.11 Å². The molecular weight excluding hydrogens is 284 g/mol. The lowest BCUT2D eigenvalue weighted by molar-refractivity contribution is 0.0751. The molecule has 0 aliphatic carbocycles. The monoisotopic (exact) mass is 304 g/mol. The Morgan fingerprint density at radius 1 is 0.727 bits per heavy atom. The highest BCUT2D eigenvalue weighted by molar-refractivity contribution is 5.39. The van der Waals surface area contributed by atoms with Crippen LogP contribution < -0.4 is 14.2 Å². The maximum absolute atomic E-state index is 9.53. The van der Waals surface area contributed by atoms with Gasteiger partial charge in [0.05, 0.1) is 20.3 Å². The maximum Gasteiger partial charge on any atom is 0.161 e. The van der Waals surface area contributed by atoms with E-state index < -0.39 is 0 Å². The minimum absolute atomic E-state index is 0.127. The van der Waals surface area contributed by atoms with Crippen molar-refractivity contribution in [3.8, 4) is 23.0 Å². The second-order valence-electron chi connectivity index (χ2n) is 4.43. The first kappa shape index (κ1) is 16.0. The van der Waals surface area contributed by atoms with Crippen molar-refractivity contribution in [1.29, 1.82) is 0 Å². The lowest BCUT2D eigenvalue weighted by Crippen LogP contribution is -2.12. The fourth-order valence-corrected chi connectivity index (χ4v) is 1.84. The number of ether oxygens (including phenoxy) is 4. The third kappa shape index (κ3) is 4.86. The van der Waals surface area contributed by atoms with E-state index in [1.807, 2.05) is 24.3 Å². The number of hydrogen-bond acceptors (Lipinski definition) is 5. The lowest BCUT2D eigenvalue weighted by Gasteiger charge is -2.11. The van der Waals surface area contributed by atoms with Crippen LogP contribution in [0.3, 0.4) is 0 Å². The molecule has 0 unspecified atom stereocenters. The van der Waals surface area contributed by atoms with Crippen LogP contribution in [0.15, 0.2) is 48.5 Å². The van der Waals surface area contributed by atoms with E-state index in [1.54, 1.807) is 31.4 Å². The summed E-state index contributed by atoms with van der Waals surface area (Å²) in [5, 5.41) is 9.53. The van der Waals surface area contributed by atoms with Gasteiger partial charge in [-0.15, -0.1) is 0 Å². The topological polar surface area (TPSA) is 57.2 Å². The Bertz CT molecular complexity index is 570. The first-order valence-electron chi connectivity index (χ1n) is 7.05. The van der Waals surface area contributed by atoms with Crippen LogP contribution in [0.5, 0.6) is 23.0 Å². The molecule has 2 aromatic rings. The van der Waals surface area contributed by atoms with Crippen LogP contribution in [0.2, 0.25) is 0 Å². The van der Waals surface area contributed by atoms with Crippen LogP contribution in [0.25, 0.3) is 0 Å². The number of rotatable bonds is 9. The molecule has 0 aliphatic rings. The predicted molar refractivity (Wildman–Crippen MR) is 82.9 cm³/mol. The zero-order valence-corrected chi connectivity index (χ0v) is 12.5. The van der Waals surface area contributed by atoms with Gasteiger partial charge in [0.15, 0.2) is 23.0 Å². The molecule has 5 nitrogen and oxygen atoms in total. The second kappa shape index (κ2) is 8.79. The summed E-state index contributed by atoms with van der Waals surface area (Å²) in [4.78, 5) is 0. The van der Waals surface area contributed by atoms with Crippen molar-refractivity contribution >= 4 is 0 Å². The van der Waals surface area contributed by atoms with Gasteiger partial charge in [0.1, 0.15) is 13.2 Å². The molecule has 0 saturated heterocycles. The number of para-hydroxylation sites is 4. The first-order valence-corrected chi connectivity index (χ1v) is 7.05. The van der Waals surface area contributed by atoms with Crippen molar-refractivity contribution in [2.24, 2.45) is 0 Å². The van der Waals surface area contributed by atoms with Gasteiger partial charge in [0.25, 0.3) is 0 Å². The molecule has 0 aliphatic heterocycles. The number of hydrogen-bond donors (Lipinski definition) is 1. The summed E-state index contributed by atoms with van der Waals surface area (Å²) < 4.78 is 21.6. The Morgan fingerprint density at radius 3 is 1.91 bits per heavy atom. The van der Waals surface area contributed by atoms with Crippen LogP contribution in [-0.2, 0) is 4.74 Å². The van der Waals surface area contributed by atoms with Crippen LogP contribution in [0.4, 0.5) is 0 Å². The van der Waals surface area contributed by atoms with Gasteiger partial charge in [-0.1, -0.05) is 24.3 Å². The summed E-state index contributed by atoms with van der Waals surface area (Å²) in [6.07, 6.45) is 0. The highest BCUT2D eigenvalue weighted by Gasteiger charge is 2.02. The Balaban J connectivity index is 1.59. The molecule has 0 saturated carbocycles. The average molecular weight is 304 g/mol. The summed E-state index contributed by atoms with van der Waals surface area (Å²) in [6, 6.07) is 14.3. The highest BCUT2D eigenvalue weighted by atomic mass is 16.6. The minimum atomic E-state index is 0.127. The Labute approximate surface area is 130 Å².